The van der Waals surface area contributed by atoms with Gasteiger partial charge in [-0.2, -0.15) is 5.26 Å². The molecule has 3 heterocycles. The van der Waals surface area contributed by atoms with Crippen LogP contribution in [0.25, 0.3) is 10.8 Å². The number of aromatic nitrogens is 1. The van der Waals surface area contributed by atoms with Crippen LogP contribution in [0.1, 0.15) is 30.9 Å². The standard InChI is InChI=1S/C19H19N3O3/c1-2-11-8-16(23)22-15(11)10-25-19-17-12(3-5-21-19)7-13(9-20)18-14(17)4-6-24-18/h3,5,7,11,15H,2,4,6,8,10H2,1H3,(H,22,23). The fraction of sp³-hybridized carbons (Fsp3) is 0.421. The predicted molar refractivity (Wildman–Crippen MR) is 91.5 cm³/mol. The summed E-state index contributed by atoms with van der Waals surface area (Å²) in [6, 6.07) is 5.91. The van der Waals surface area contributed by atoms with E-state index < -0.39 is 0 Å². The molecule has 1 amide bonds. The molecule has 2 aliphatic rings. The number of rotatable bonds is 4. The summed E-state index contributed by atoms with van der Waals surface area (Å²) in [7, 11) is 0. The van der Waals surface area contributed by atoms with Gasteiger partial charge in [0.15, 0.2) is 0 Å². The average molecular weight is 337 g/mol. The van der Waals surface area contributed by atoms with E-state index in [9.17, 15) is 10.1 Å². The van der Waals surface area contributed by atoms with Crippen molar-refractivity contribution in [3.63, 3.8) is 0 Å². The van der Waals surface area contributed by atoms with Crippen LogP contribution >= 0.6 is 0 Å². The molecule has 6 heteroatoms. The molecule has 0 spiro atoms. The van der Waals surface area contributed by atoms with Gasteiger partial charge >= 0.3 is 0 Å². The highest BCUT2D eigenvalue weighted by atomic mass is 16.5. The van der Waals surface area contributed by atoms with Crippen molar-refractivity contribution in [1.29, 1.82) is 5.26 Å². The molecule has 1 aromatic heterocycles. The van der Waals surface area contributed by atoms with Crippen molar-refractivity contribution in [2.24, 2.45) is 5.92 Å². The first-order valence-corrected chi connectivity index (χ1v) is 8.61. The number of pyridine rings is 1. The molecule has 0 radical (unpaired) electrons. The van der Waals surface area contributed by atoms with E-state index in [1.165, 1.54) is 0 Å². The lowest BCUT2D eigenvalue weighted by molar-refractivity contribution is -0.119. The van der Waals surface area contributed by atoms with Crippen LogP contribution in [-0.4, -0.2) is 30.1 Å². The Morgan fingerprint density at radius 1 is 1.52 bits per heavy atom. The number of ether oxygens (including phenoxy) is 2. The monoisotopic (exact) mass is 337 g/mol. The molecule has 25 heavy (non-hydrogen) atoms. The highest BCUT2D eigenvalue weighted by molar-refractivity contribution is 5.94. The SMILES string of the molecule is CCC1CC(=O)NC1COc1nccc2cc(C#N)c3c(c12)CCO3. The average Bonchev–Trinajstić information content (AvgIpc) is 3.25. The summed E-state index contributed by atoms with van der Waals surface area (Å²) in [6.07, 6.45) is 3.92. The third-order valence-corrected chi connectivity index (χ3v) is 5.07. The summed E-state index contributed by atoms with van der Waals surface area (Å²) in [4.78, 5) is 16.0. The maximum atomic E-state index is 11.6. The molecule has 2 atom stereocenters. The van der Waals surface area contributed by atoms with Crippen molar-refractivity contribution in [2.45, 2.75) is 32.2 Å². The van der Waals surface area contributed by atoms with Gasteiger partial charge in [0.05, 0.1) is 23.6 Å². The van der Waals surface area contributed by atoms with Crippen LogP contribution in [-0.2, 0) is 11.2 Å². The van der Waals surface area contributed by atoms with Gasteiger partial charge in [0, 0.05) is 24.6 Å². The molecular weight excluding hydrogens is 318 g/mol. The molecule has 128 valence electrons. The second-order valence-corrected chi connectivity index (χ2v) is 6.51. The highest BCUT2D eigenvalue weighted by Crippen LogP contribution is 2.39. The van der Waals surface area contributed by atoms with Crippen molar-refractivity contribution in [3.05, 3.63) is 29.5 Å². The van der Waals surface area contributed by atoms with Crippen molar-refractivity contribution in [3.8, 4) is 17.7 Å². The molecule has 0 aliphatic carbocycles. The van der Waals surface area contributed by atoms with Gasteiger partial charge in [-0.15, -0.1) is 0 Å². The van der Waals surface area contributed by atoms with E-state index in [-0.39, 0.29) is 11.9 Å². The zero-order valence-corrected chi connectivity index (χ0v) is 14.0. The number of nitriles is 1. The van der Waals surface area contributed by atoms with Crippen LogP contribution in [0.4, 0.5) is 0 Å². The van der Waals surface area contributed by atoms with E-state index >= 15 is 0 Å². The quantitative estimate of drug-likeness (QED) is 0.926. The topological polar surface area (TPSA) is 84.2 Å². The zero-order valence-electron chi connectivity index (χ0n) is 14.0. The van der Waals surface area contributed by atoms with Crippen LogP contribution < -0.4 is 14.8 Å². The third kappa shape index (κ3) is 2.66. The number of carbonyl (C=O) groups excluding carboxylic acids is 1. The predicted octanol–water partition coefficient (Wildman–Crippen LogP) is 2.33. The maximum absolute atomic E-state index is 11.6. The van der Waals surface area contributed by atoms with Crippen molar-refractivity contribution in [1.82, 2.24) is 10.3 Å². The summed E-state index contributed by atoms with van der Waals surface area (Å²) in [5.41, 5.74) is 1.53. The third-order valence-electron chi connectivity index (χ3n) is 5.07. The van der Waals surface area contributed by atoms with Gasteiger partial charge in [0.2, 0.25) is 11.8 Å². The molecule has 4 rings (SSSR count). The van der Waals surface area contributed by atoms with Crippen molar-refractivity contribution >= 4 is 16.7 Å². The Hall–Kier alpha value is -2.81. The normalized spacial score (nSPS) is 21.5. The molecule has 2 aliphatic heterocycles. The van der Waals surface area contributed by atoms with E-state index in [2.05, 4.69) is 23.3 Å². The fourth-order valence-corrected chi connectivity index (χ4v) is 3.77. The minimum Gasteiger partial charge on any atom is -0.492 e. The highest BCUT2D eigenvalue weighted by Gasteiger charge is 2.32. The van der Waals surface area contributed by atoms with E-state index in [0.717, 1.165) is 29.2 Å². The van der Waals surface area contributed by atoms with Crippen LogP contribution in [0.2, 0.25) is 0 Å². The molecule has 6 nitrogen and oxygen atoms in total. The van der Waals surface area contributed by atoms with E-state index in [0.29, 0.717) is 42.7 Å². The van der Waals surface area contributed by atoms with Gasteiger partial charge in [-0.05, 0) is 23.4 Å². The first-order valence-electron chi connectivity index (χ1n) is 8.61. The smallest absolute Gasteiger partial charge is 0.221 e. The largest absolute Gasteiger partial charge is 0.492 e. The minimum atomic E-state index is 0.0113. The molecule has 0 bridgehead atoms. The molecule has 1 saturated heterocycles. The molecule has 2 unspecified atom stereocenters. The Balaban J connectivity index is 1.68. The van der Waals surface area contributed by atoms with Crippen LogP contribution in [0, 0.1) is 17.2 Å². The number of fused-ring (bicyclic) bond motifs is 3. The first-order chi connectivity index (χ1) is 12.2. The van der Waals surface area contributed by atoms with Gasteiger partial charge in [-0.25, -0.2) is 4.98 Å². The second kappa shape index (κ2) is 6.25. The lowest BCUT2D eigenvalue weighted by atomic mass is 9.98. The Bertz CT molecular complexity index is 888. The number of nitrogens with one attached hydrogen (secondary N) is 1. The minimum absolute atomic E-state index is 0.0113. The number of nitrogens with zero attached hydrogens (tertiary/aromatic N) is 2. The Labute approximate surface area is 145 Å². The fourth-order valence-electron chi connectivity index (χ4n) is 3.77. The van der Waals surface area contributed by atoms with Gasteiger partial charge in [-0.3, -0.25) is 4.79 Å². The number of hydrogen-bond acceptors (Lipinski definition) is 5. The van der Waals surface area contributed by atoms with E-state index in [1.54, 1.807) is 6.20 Å². The molecule has 2 aromatic rings. The second-order valence-electron chi connectivity index (χ2n) is 6.51. The van der Waals surface area contributed by atoms with Crippen LogP contribution in [0.5, 0.6) is 11.6 Å². The summed E-state index contributed by atoms with van der Waals surface area (Å²) < 4.78 is 11.7. The van der Waals surface area contributed by atoms with Gasteiger partial charge in [0.25, 0.3) is 0 Å². The summed E-state index contributed by atoms with van der Waals surface area (Å²) in [5.74, 6) is 1.56. The lowest BCUT2D eigenvalue weighted by Gasteiger charge is -2.18. The first kappa shape index (κ1) is 15.7. The molecule has 0 saturated carbocycles. The lowest BCUT2D eigenvalue weighted by Crippen LogP contribution is -2.34. The summed E-state index contributed by atoms with van der Waals surface area (Å²) >= 11 is 0. The Morgan fingerprint density at radius 2 is 2.40 bits per heavy atom. The Kier molecular flexibility index (Phi) is 3.92. The Morgan fingerprint density at radius 3 is 3.20 bits per heavy atom. The number of carbonyl (C=O) groups is 1. The van der Waals surface area contributed by atoms with E-state index in [1.807, 2.05) is 12.1 Å². The number of benzene rings is 1. The van der Waals surface area contributed by atoms with Crippen LogP contribution in [0.3, 0.4) is 0 Å². The molecule has 1 N–H and O–H groups in total. The van der Waals surface area contributed by atoms with Gasteiger partial charge in [0.1, 0.15) is 18.4 Å². The van der Waals surface area contributed by atoms with Crippen molar-refractivity contribution in [2.75, 3.05) is 13.2 Å². The summed E-state index contributed by atoms with van der Waals surface area (Å²) in [6.45, 7) is 3.04. The molecule has 1 fully saturated rings. The number of hydrogen-bond donors (Lipinski definition) is 1. The molecular formula is C19H19N3O3. The van der Waals surface area contributed by atoms with Crippen molar-refractivity contribution < 1.29 is 14.3 Å². The van der Waals surface area contributed by atoms with Crippen LogP contribution in [0.15, 0.2) is 18.3 Å². The van der Waals surface area contributed by atoms with Gasteiger partial charge < -0.3 is 14.8 Å². The van der Waals surface area contributed by atoms with Gasteiger partial charge in [-0.1, -0.05) is 13.3 Å². The molecule has 1 aromatic carbocycles. The van der Waals surface area contributed by atoms with E-state index in [4.69, 9.17) is 9.47 Å². The maximum Gasteiger partial charge on any atom is 0.221 e. The summed E-state index contributed by atoms with van der Waals surface area (Å²) in [5, 5.41) is 14.2. The number of amides is 1. The zero-order chi connectivity index (χ0) is 17.4.